The molecule has 0 aromatic heterocycles. The van der Waals surface area contributed by atoms with Gasteiger partial charge in [-0.1, -0.05) is 6.92 Å². The van der Waals surface area contributed by atoms with E-state index >= 15 is 0 Å². The summed E-state index contributed by atoms with van der Waals surface area (Å²) in [4.78, 5) is 13.6. The van der Waals surface area contributed by atoms with E-state index in [2.05, 4.69) is 16.6 Å². The molecule has 0 aliphatic carbocycles. The molecular formula is C11H22N2O3. The first-order chi connectivity index (χ1) is 7.49. The first-order valence-corrected chi connectivity index (χ1v) is 5.71. The molecule has 2 atom stereocenters. The molecule has 2 N–H and O–H groups in total. The van der Waals surface area contributed by atoms with E-state index in [4.69, 9.17) is 10.5 Å². The van der Waals surface area contributed by atoms with Gasteiger partial charge in [-0.25, -0.2) is 0 Å². The van der Waals surface area contributed by atoms with E-state index in [1.54, 1.807) is 6.92 Å². The van der Waals surface area contributed by atoms with Crippen molar-refractivity contribution in [3.8, 4) is 0 Å². The van der Waals surface area contributed by atoms with E-state index in [0.29, 0.717) is 13.2 Å². The average molecular weight is 230 g/mol. The van der Waals surface area contributed by atoms with Crippen LogP contribution >= 0.6 is 0 Å². The van der Waals surface area contributed by atoms with Crippen LogP contribution in [0.25, 0.3) is 0 Å². The molecule has 0 aromatic rings. The number of rotatable bonds is 4. The summed E-state index contributed by atoms with van der Waals surface area (Å²) in [7, 11) is 1.36. The van der Waals surface area contributed by atoms with Crippen molar-refractivity contribution in [2.45, 2.75) is 31.9 Å². The highest BCUT2D eigenvalue weighted by molar-refractivity contribution is 5.80. The smallest absolute Gasteiger partial charge is 0.326 e. The molecule has 1 saturated heterocycles. The molecule has 1 fully saturated rings. The molecule has 1 rings (SSSR count). The highest BCUT2D eigenvalue weighted by atomic mass is 16.5. The van der Waals surface area contributed by atoms with Crippen LogP contribution in [0.1, 0.15) is 20.3 Å². The molecule has 5 heteroatoms. The van der Waals surface area contributed by atoms with Gasteiger partial charge in [0.15, 0.2) is 0 Å². The molecule has 0 spiro atoms. The number of carbonyl (C=O) groups is 1. The summed E-state index contributed by atoms with van der Waals surface area (Å²) in [6.07, 6.45) is 1.23. The Labute approximate surface area is 96.9 Å². The van der Waals surface area contributed by atoms with E-state index in [0.717, 1.165) is 19.5 Å². The second-order valence-electron chi connectivity index (χ2n) is 4.55. The molecule has 0 saturated carbocycles. The summed E-state index contributed by atoms with van der Waals surface area (Å²) in [5, 5.41) is 0. The van der Waals surface area contributed by atoms with Crippen molar-refractivity contribution in [3.05, 3.63) is 0 Å². The van der Waals surface area contributed by atoms with Gasteiger partial charge in [-0.15, -0.1) is 0 Å². The van der Waals surface area contributed by atoms with Crippen molar-refractivity contribution in [2.75, 3.05) is 33.4 Å². The zero-order valence-electron chi connectivity index (χ0n) is 10.4. The second-order valence-corrected chi connectivity index (χ2v) is 4.55. The van der Waals surface area contributed by atoms with Crippen LogP contribution in [0.15, 0.2) is 0 Å². The van der Waals surface area contributed by atoms with Gasteiger partial charge in [-0.3, -0.25) is 9.69 Å². The molecular weight excluding hydrogens is 208 g/mol. The van der Waals surface area contributed by atoms with Crippen LogP contribution in [0.5, 0.6) is 0 Å². The van der Waals surface area contributed by atoms with E-state index in [9.17, 15) is 4.79 Å². The fraction of sp³-hybridized carbons (Fsp3) is 0.909. The van der Waals surface area contributed by atoms with Gasteiger partial charge in [0.25, 0.3) is 0 Å². The number of hydrogen-bond donors (Lipinski definition) is 1. The van der Waals surface area contributed by atoms with Gasteiger partial charge < -0.3 is 15.2 Å². The Morgan fingerprint density at radius 1 is 1.69 bits per heavy atom. The van der Waals surface area contributed by atoms with E-state index in [1.807, 2.05) is 0 Å². The number of methoxy groups -OCH3 is 1. The zero-order valence-corrected chi connectivity index (χ0v) is 10.4. The Hall–Kier alpha value is -0.650. The number of morpholine rings is 1. The summed E-state index contributed by atoms with van der Waals surface area (Å²) >= 11 is 0. The number of ether oxygens (including phenoxy) is 2. The minimum atomic E-state index is -0.940. The largest absolute Gasteiger partial charge is 0.468 e. The standard InChI is InChI=1S/C11H22N2O3/c1-4-9-7-13(5-6-16-9)8-11(2,12)10(14)15-3/h9H,4-8,12H2,1-3H3. The Kier molecular flexibility index (Phi) is 4.70. The Morgan fingerprint density at radius 2 is 2.38 bits per heavy atom. The summed E-state index contributed by atoms with van der Waals surface area (Å²) in [5.41, 5.74) is 4.99. The van der Waals surface area contributed by atoms with Crippen LogP contribution in [0.4, 0.5) is 0 Å². The van der Waals surface area contributed by atoms with Crippen molar-refractivity contribution < 1.29 is 14.3 Å². The third-order valence-corrected chi connectivity index (χ3v) is 2.88. The lowest BCUT2D eigenvalue weighted by Gasteiger charge is -2.36. The van der Waals surface area contributed by atoms with Crippen LogP contribution < -0.4 is 5.73 Å². The minimum absolute atomic E-state index is 0.252. The normalized spacial score (nSPS) is 26.1. The van der Waals surface area contributed by atoms with E-state index in [1.165, 1.54) is 7.11 Å². The molecule has 0 amide bonds. The first-order valence-electron chi connectivity index (χ1n) is 5.71. The topological polar surface area (TPSA) is 64.8 Å². The van der Waals surface area contributed by atoms with Crippen molar-refractivity contribution in [1.82, 2.24) is 4.90 Å². The van der Waals surface area contributed by atoms with Gasteiger partial charge in [0.05, 0.1) is 19.8 Å². The Bertz CT molecular complexity index is 243. The van der Waals surface area contributed by atoms with Gasteiger partial charge in [-0.2, -0.15) is 0 Å². The highest BCUT2D eigenvalue weighted by Crippen LogP contribution is 2.12. The molecule has 0 bridgehead atoms. The number of hydrogen-bond acceptors (Lipinski definition) is 5. The molecule has 1 heterocycles. The average Bonchev–Trinajstić information content (AvgIpc) is 2.27. The van der Waals surface area contributed by atoms with Crippen molar-refractivity contribution in [2.24, 2.45) is 5.73 Å². The van der Waals surface area contributed by atoms with E-state index in [-0.39, 0.29) is 12.1 Å². The second kappa shape index (κ2) is 5.61. The molecule has 94 valence electrons. The summed E-state index contributed by atoms with van der Waals surface area (Å²) < 4.78 is 10.2. The van der Waals surface area contributed by atoms with Crippen molar-refractivity contribution >= 4 is 5.97 Å². The lowest BCUT2D eigenvalue weighted by atomic mass is 10.0. The maximum atomic E-state index is 11.5. The lowest BCUT2D eigenvalue weighted by molar-refractivity contribution is -0.148. The quantitative estimate of drug-likeness (QED) is 0.688. The summed E-state index contributed by atoms with van der Waals surface area (Å²) in [6, 6.07) is 0. The molecule has 1 aliphatic rings. The van der Waals surface area contributed by atoms with Gasteiger partial charge >= 0.3 is 5.97 Å². The van der Waals surface area contributed by atoms with Crippen LogP contribution in [-0.4, -0.2) is 55.9 Å². The molecule has 0 radical (unpaired) electrons. The number of nitrogens with zero attached hydrogens (tertiary/aromatic N) is 1. The third-order valence-electron chi connectivity index (χ3n) is 2.88. The third kappa shape index (κ3) is 3.43. The number of esters is 1. The SMILES string of the molecule is CCC1CN(CC(C)(N)C(=O)OC)CCO1. The minimum Gasteiger partial charge on any atom is -0.468 e. The van der Waals surface area contributed by atoms with Crippen LogP contribution in [0.2, 0.25) is 0 Å². The molecule has 16 heavy (non-hydrogen) atoms. The molecule has 2 unspecified atom stereocenters. The van der Waals surface area contributed by atoms with Crippen molar-refractivity contribution in [3.63, 3.8) is 0 Å². The number of carbonyl (C=O) groups excluding carboxylic acids is 1. The summed E-state index contributed by atoms with van der Waals surface area (Å²) in [5.74, 6) is -0.368. The van der Waals surface area contributed by atoms with Gasteiger partial charge in [0, 0.05) is 19.6 Å². The highest BCUT2D eigenvalue weighted by Gasteiger charge is 2.33. The van der Waals surface area contributed by atoms with Gasteiger partial charge in [0.2, 0.25) is 0 Å². The molecule has 5 nitrogen and oxygen atoms in total. The van der Waals surface area contributed by atoms with Crippen LogP contribution in [-0.2, 0) is 14.3 Å². The van der Waals surface area contributed by atoms with Crippen LogP contribution in [0, 0.1) is 0 Å². The Balaban J connectivity index is 2.49. The summed E-state index contributed by atoms with van der Waals surface area (Å²) in [6.45, 7) is 6.67. The monoisotopic (exact) mass is 230 g/mol. The maximum absolute atomic E-state index is 11.5. The zero-order chi connectivity index (χ0) is 12.2. The predicted octanol–water partition coefficient (Wildman–Crippen LogP) is -0.0124. The first kappa shape index (κ1) is 13.4. The predicted molar refractivity (Wildman–Crippen MR) is 61.1 cm³/mol. The van der Waals surface area contributed by atoms with Crippen LogP contribution in [0.3, 0.4) is 0 Å². The fourth-order valence-corrected chi connectivity index (χ4v) is 1.93. The lowest BCUT2D eigenvalue weighted by Crippen LogP contribution is -2.57. The van der Waals surface area contributed by atoms with Crippen molar-refractivity contribution in [1.29, 1.82) is 0 Å². The molecule has 0 aromatic carbocycles. The molecule has 1 aliphatic heterocycles. The number of nitrogens with two attached hydrogens (primary N) is 1. The maximum Gasteiger partial charge on any atom is 0.326 e. The fourth-order valence-electron chi connectivity index (χ4n) is 1.93. The van der Waals surface area contributed by atoms with Gasteiger partial charge in [0.1, 0.15) is 5.54 Å². The van der Waals surface area contributed by atoms with E-state index < -0.39 is 5.54 Å². The van der Waals surface area contributed by atoms with Gasteiger partial charge in [-0.05, 0) is 13.3 Å². The Morgan fingerprint density at radius 3 is 2.94 bits per heavy atom.